The summed E-state index contributed by atoms with van der Waals surface area (Å²) in [4.78, 5) is 2.50. The van der Waals surface area contributed by atoms with Crippen LogP contribution in [-0.4, -0.2) is 54.7 Å². The molecule has 3 nitrogen and oxygen atoms in total. The second-order valence-electron chi connectivity index (χ2n) is 6.08. The Morgan fingerprint density at radius 3 is 2.72 bits per heavy atom. The molecule has 2 aliphatic rings. The highest BCUT2D eigenvalue weighted by atomic mass is 35.5. The van der Waals surface area contributed by atoms with Gasteiger partial charge in [0, 0.05) is 37.1 Å². The van der Waals surface area contributed by atoms with Gasteiger partial charge in [-0.05, 0) is 26.7 Å². The minimum absolute atomic E-state index is 0.186. The van der Waals surface area contributed by atoms with Gasteiger partial charge in [0.1, 0.15) is 0 Å². The summed E-state index contributed by atoms with van der Waals surface area (Å²) in [6.07, 6.45) is 5.38. The molecule has 106 valence electrons. The van der Waals surface area contributed by atoms with E-state index in [2.05, 4.69) is 24.1 Å². The Balaban J connectivity index is 1.78. The summed E-state index contributed by atoms with van der Waals surface area (Å²) >= 11 is 6.15. The van der Waals surface area contributed by atoms with Crippen molar-refractivity contribution in [3.63, 3.8) is 0 Å². The second-order valence-corrected chi connectivity index (χ2v) is 6.35. The van der Waals surface area contributed by atoms with E-state index in [1.165, 1.54) is 25.7 Å². The van der Waals surface area contributed by atoms with E-state index in [-0.39, 0.29) is 5.54 Å². The molecule has 0 aromatic carbocycles. The fourth-order valence-corrected chi connectivity index (χ4v) is 3.44. The van der Waals surface area contributed by atoms with Crippen LogP contribution in [0.2, 0.25) is 0 Å². The van der Waals surface area contributed by atoms with Gasteiger partial charge in [-0.3, -0.25) is 4.90 Å². The molecule has 4 heteroatoms. The molecule has 1 atom stereocenters. The van der Waals surface area contributed by atoms with Crippen LogP contribution < -0.4 is 5.32 Å². The lowest BCUT2D eigenvalue weighted by atomic mass is 10.00. The predicted octanol–water partition coefficient (Wildman–Crippen LogP) is 2.24. The molecule has 0 spiro atoms. The Morgan fingerprint density at radius 2 is 2.11 bits per heavy atom. The number of rotatable bonds is 5. The third-order valence-corrected chi connectivity index (χ3v) is 4.93. The molecular formula is C14H27ClN2O. The third kappa shape index (κ3) is 3.60. The molecule has 1 heterocycles. The Labute approximate surface area is 116 Å². The highest BCUT2D eigenvalue weighted by molar-refractivity contribution is 6.18. The van der Waals surface area contributed by atoms with Crippen molar-refractivity contribution >= 4 is 11.6 Å². The number of alkyl halides is 1. The molecule has 0 aromatic heterocycles. The highest BCUT2D eigenvalue weighted by Crippen LogP contribution is 2.30. The van der Waals surface area contributed by atoms with E-state index in [0.29, 0.717) is 12.1 Å². The summed E-state index contributed by atoms with van der Waals surface area (Å²) in [5.74, 6) is 0.730. The minimum atomic E-state index is 0.186. The first-order valence-electron chi connectivity index (χ1n) is 7.32. The maximum atomic E-state index is 6.15. The molecule has 1 aliphatic carbocycles. The molecular weight excluding hydrogens is 248 g/mol. The summed E-state index contributed by atoms with van der Waals surface area (Å²) in [6.45, 7) is 8.42. The van der Waals surface area contributed by atoms with Crippen LogP contribution in [0.25, 0.3) is 0 Å². The normalized spacial score (nSPS) is 29.0. The maximum absolute atomic E-state index is 6.15. The average molecular weight is 275 g/mol. The first-order chi connectivity index (χ1) is 8.65. The fourth-order valence-electron chi connectivity index (χ4n) is 3.07. The van der Waals surface area contributed by atoms with Gasteiger partial charge >= 0.3 is 0 Å². The summed E-state index contributed by atoms with van der Waals surface area (Å²) in [6, 6.07) is 0.616. The molecule has 2 fully saturated rings. The lowest BCUT2D eigenvalue weighted by Gasteiger charge is -2.37. The molecule has 1 aliphatic heterocycles. The largest absolute Gasteiger partial charge is 0.374 e. The lowest BCUT2D eigenvalue weighted by Crippen LogP contribution is -2.53. The van der Waals surface area contributed by atoms with E-state index in [0.717, 1.165) is 32.1 Å². The van der Waals surface area contributed by atoms with Crippen molar-refractivity contribution in [2.75, 3.05) is 32.1 Å². The Kier molecular flexibility index (Phi) is 5.31. The van der Waals surface area contributed by atoms with Crippen molar-refractivity contribution < 1.29 is 4.74 Å². The molecule has 1 N–H and O–H groups in total. The quantitative estimate of drug-likeness (QED) is 0.778. The molecule has 1 saturated heterocycles. The average Bonchev–Trinajstić information content (AvgIpc) is 2.86. The van der Waals surface area contributed by atoms with Crippen molar-refractivity contribution in [1.29, 1.82) is 0 Å². The van der Waals surface area contributed by atoms with Gasteiger partial charge in [-0.1, -0.05) is 12.8 Å². The van der Waals surface area contributed by atoms with E-state index in [4.69, 9.17) is 16.3 Å². The molecule has 0 amide bonds. The van der Waals surface area contributed by atoms with E-state index in [1.807, 2.05) is 0 Å². The highest BCUT2D eigenvalue weighted by Gasteiger charge is 2.33. The van der Waals surface area contributed by atoms with Crippen LogP contribution in [0.3, 0.4) is 0 Å². The number of hydrogen-bond acceptors (Lipinski definition) is 3. The van der Waals surface area contributed by atoms with Gasteiger partial charge < -0.3 is 10.1 Å². The zero-order chi connectivity index (χ0) is 13.0. The first-order valence-corrected chi connectivity index (χ1v) is 7.85. The SMILES string of the molecule is CC(C)N1CCOC(CNC2(CCl)CCCC2)C1. The molecule has 1 saturated carbocycles. The summed E-state index contributed by atoms with van der Waals surface area (Å²) in [7, 11) is 0. The van der Waals surface area contributed by atoms with Crippen molar-refractivity contribution in [2.24, 2.45) is 0 Å². The number of nitrogens with zero attached hydrogens (tertiary/aromatic N) is 1. The van der Waals surface area contributed by atoms with Crippen LogP contribution in [0.4, 0.5) is 0 Å². The van der Waals surface area contributed by atoms with Gasteiger partial charge in [-0.2, -0.15) is 0 Å². The van der Waals surface area contributed by atoms with E-state index >= 15 is 0 Å². The van der Waals surface area contributed by atoms with Gasteiger partial charge in [0.05, 0.1) is 12.7 Å². The number of halogens is 1. The zero-order valence-corrected chi connectivity index (χ0v) is 12.5. The van der Waals surface area contributed by atoms with Crippen LogP contribution in [-0.2, 0) is 4.74 Å². The standard InChI is InChI=1S/C14H27ClN2O/c1-12(2)17-7-8-18-13(10-17)9-16-14(11-15)5-3-4-6-14/h12-13,16H,3-11H2,1-2H3. The van der Waals surface area contributed by atoms with Crippen LogP contribution in [0.15, 0.2) is 0 Å². The Bertz CT molecular complexity index is 254. The topological polar surface area (TPSA) is 24.5 Å². The van der Waals surface area contributed by atoms with Gasteiger partial charge in [-0.25, -0.2) is 0 Å². The smallest absolute Gasteiger partial charge is 0.0827 e. The zero-order valence-electron chi connectivity index (χ0n) is 11.8. The molecule has 1 unspecified atom stereocenters. The van der Waals surface area contributed by atoms with E-state index in [9.17, 15) is 0 Å². The molecule has 0 bridgehead atoms. The molecule has 18 heavy (non-hydrogen) atoms. The van der Waals surface area contributed by atoms with E-state index < -0.39 is 0 Å². The Morgan fingerprint density at radius 1 is 1.39 bits per heavy atom. The van der Waals surface area contributed by atoms with Gasteiger partial charge in [0.15, 0.2) is 0 Å². The van der Waals surface area contributed by atoms with Gasteiger partial charge in [-0.15, -0.1) is 11.6 Å². The Hall–Kier alpha value is 0.170. The third-order valence-electron chi connectivity index (χ3n) is 4.42. The predicted molar refractivity (Wildman–Crippen MR) is 76.4 cm³/mol. The summed E-state index contributed by atoms with van der Waals surface area (Å²) < 4.78 is 5.86. The first kappa shape index (κ1) is 14.6. The molecule has 0 aromatic rings. The summed E-state index contributed by atoms with van der Waals surface area (Å²) in [5, 5.41) is 3.69. The second kappa shape index (κ2) is 6.56. The minimum Gasteiger partial charge on any atom is -0.374 e. The van der Waals surface area contributed by atoms with Crippen molar-refractivity contribution in [3.05, 3.63) is 0 Å². The van der Waals surface area contributed by atoms with Crippen LogP contribution in [0.5, 0.6) is 0 Å². The van der Waals surface area contributed by atoms with Crippen molar-refractivity contribution in [1.82, 2.24) is 10.2 Å². The van der Waals surface area contributed by atoms with E-state index in [1.54, 1.807) is 0 Å². The molecule has 2 rings (SSSR count). The van der Waals surface area contributed by atoms with Crippen LogP contribution in [0, 0.1) is 0 Å². The molecule has 0 radical (unpaired) electrons. The van der Waals surface area contributed by atoms with Gasteiger partial charge in [0.25, 0.3) is 0 Å². The van der Waals surface area contributed by atoms with Crippen molar-refractivity contribution in [2.45, 2.75) is 57.2 Å². The number of ether oxygens (including phenoxy) is 1. The maximum Gasteiger partial charge on any atom is 0.0827 e. The lowest BCUT2D eigenvalue weighted by molar-refractivity contribution is -0.0396. The van der Waals surface area contributed by atoms with Crippen LogP contribution in [0.1, 0.15) is 39.5 Å². The van der Waals surface area contributed by atoms with Crippen molar-refractivity contribution in [3.8, 4) is 0 Å². The number of nitrogens with one attached hydrogen (secondary N) is 1. The number of hydrogen-bond donors (Lipinski definition) is 1. The monoisotopic (exact) mass is 274 g/mol. The fraction of sp³-hybridized carbons (Fsp3) is 1.00. The number of morpholine rings is 1. The van der Waals surface area contributed by atoms with Crippen LogP contribution >= 0.6 is 11.6 Å². The van der Waals surface area contributed by atoms with Gasteiger partial charge in [0.2, 0.25) is 0 Å². The summed E-state index contributed by atoms with van der Waals surface area (Å²) in [5.41, 5.74) is 0.186.